The third-order valence-electron chi connectivity index (χ3n) is 5.05. The highest BCUT2D eigenvalue weighted by Gasteiger charge is 2.53. The molecule has 92 valence electrons. The zero-order valence-corrected chi connectivity index (χ0v) is 10.9. The van der Waals surface area contributed by atoms with Crippen molar-refractivity contribution in [2.45, 2.75) is 45.6 Å². The summed E-state index contributed by atoms with van der Waals surface area (Å²) in [6.07, 6.45) is 5.70. The molecule has 3 unspecified atom stereocenters. The molecule has 0 aliphatic heterocycles. The fraction of sp³-hybridized carbons (Fsp3) is 0.625. The van der Waals surface area contributed by atoms with Crippen LogP contribution in [-0.2, 0) is 0 Å². The zero-order chi connectivity index (χ0) is 12.0. The van der Waals surface area contributed by atoms with Gasteiger partial charge in [-0.3, -0.25) is 0 Å². The summed E-state index contributed by atoms with van der Waals surface area (Å²) < 4.78 is 0. The smallest absolute Gasteiger partial charge is 0.0329 e. The van der Waals surface area contributed by atoms with Gasteiger partial charge in [0.15, 0.2) is 0 Å². The van der Waals surface area contributed by atoms with E-state index in [0.29, 0.717) is 0 Å². The molecule has 0 radical (unpaired) electrons. The van der Waals surface area contributed by atoms with E-state index in [4.69, 9.17) is 5.73 Å². The third kappa shape index (κ3) is 1.91. The highest BCUT2D eigenvalue weighted by Crippen LogP contribution is 2.59. The first-order chi connectivity index (χ1) is 8.18. The van der Waals surface area contributed by atoms with Crippen LogP contribution in [0.3, 0.4) is 0 Å². The normalized spacial score (nSPS) is 33.0. The molecule has 1 heteroatoms. The van der Waals surface area contributed by atoms with Crippen molar-refractivity contribution in [3.05, 3.63) is 34.9 Å². The van der Waals surface area contributed by atoms with Crippen molar-refractivity contribution in [2.75, 3.05) is 0 Å². The van der Waals surface area contributed by atoms with Crippen LogP contribution in [-0.4, -0.2) is 0 Å². The monoisotopic (exact) mass is 229 g/mol. The molecule has 1 aromatic rings. The van der Waals surface area contributed by atoms with E-state index in [2.05, 4.69) is 32.0 Å². The maximum absolute atomic E-state index is 6.48. The summed E-state index contributed by atoms with van der Waals surface area (Å²) in [5.41, 5.74) is 10.6. The van der Waals surface area contributed by atoms with Crippen LogP contribution < -0.4 is 5.73 Å². The molecule has 0 amide bonds. The molecule has 0 saturated heterocycles. The van der Waals surface area contributed by atoms with E-state index in [1.165, 1.54) is 42.4 Å². The van der Waals surface area contributed by atoms with E-state index in [1.54, 1.807) is 0 Å². The summed E-state index contributed by atoms with van der Waals surface area (Å²) in [4.78, 5) is 0. The number of fused-ring (bicyclic) bond motifs is 1. The first-order valence-electron chi connectivity index (χ1n) is 7.01. The molecular weight excluding hydrogens is 206 g/mol. The van der Waals surface area contributed by atoms with Gasteiger partial charge in [-0.25, -0.2) is 0 Å². The molecule has 2 fully saturated rings. The minimum absolute atomic E-state index is 0.280. The van der Waals surface area contributed by atoms with Crippen LogP contribution in [0.1, 0.15) is 48.4 Å². The van der Waals surface area contributed by atoms with Gasteiger partial charge in [0.05, 0.1) is 0 Å². The van der Waals surface area contributed by atoms with Crippen LogP contribution in [0.4, 0.5) is 0 Å². The maximum Gasteiger partial charge on any atom is 0.0329 e. The molecule has 3 atom stereocenters. The number of hydrogen-bond donors (Lipinski definition) is 1. The van der Waals surface area contributed by atoms with Crippen molar-refractivity contribution in [1.82, 2.24) is 0 Å². The lowest BCUT2D eigenvalue weighted by Gasteiger charge is -2.14. The van der Waals surface area contributed by atoms with Gasteiger partial charge in [0.1, 0.15) is 0 Å². The van der Waals surface area contributed by atoms with E-state index < -0.39 is 0 Å². The number of nitrogens with two attached hydrogens (primary N) is 1. The molecule has 0 bridgehead atoms. The van der Waals surface area contributed by atoms with Crippen molar-refractivity contribution < 1.29 is 0 Å². The minimum atomic E-state index is 0.280. The molecule has 2 aliphatic carbocycles. The van der Waals surface area contributed by atoms with E-state index in [0.717, 1.165) is 17.8 Å². The van der Waals surface area contributed by atoms with Gasteiger partial charge < -0.3 is 5.73 Å². The van der Waals surface area contributed by atoms with E-state index >= 15 is 0 Å². The Morgan fingerprint density at radius 1 is 1.06 bits per heavy atom. The number of benzene rings is 1. The first kappa shape index (κ1) is 11.3. The Morgan fingerprint density at radius 2 is 1.71 bits per heavy atom. The average Bonchev–Trinajstić information content (AvgIpc) is 3.06. The quantitative estimate of drug-likeness (QED) is 0.821. The van der Waals surface area contributed by atoms with Crippen molar-refractivity contribution in [3.63, 3.8) is 0 Å². The highest BCUT2D eigenvalue weighted by atomic mass is 14.7. The fourth-order valence-corrected chi connectivity index (χ4v) is 3.77. The first-order valence-corrected chi connectivity index (χ1v) is 7.01. The summed E-state index contributed by atoms with van der Waals surface area (Å²) in [6, 6.07) is 7.03. The molecule has 0 heterocycles. The third-order valence-corrected chi connectivity index (χ3v) is 5.05. The van der Waals surface area contributed by atoms with Crippen LogP contribution >= 0.6 is 0 Å². The van der Waals surface area contributed by atoms with Gasteiger partial charge in [0, 0.05) is 6.04 Å². The predicted molar refractivity (Wildman–Crippen MR) is 71.8 cm³/mol. The molecule has 3 rings (SSSR count). The largest absolute Gasteiger partial charge is 0.324 e. The molecule has 1 nitrogen and oxygen atoms in total. The molecular formula is C16H23N. The second-order valence-electron chi connectivity index (χ2n) is 6.06. The topological polar surface area (TPSA) is 26.0 Å². The summed E-state index contributed by atoms with van der Waals surface area (Å²) in [5.74, 6) is 2.67. The van der Waals surface area contributed by atoms with Crippen LogP contribution in [0.15, 0.2) is 18.2 Å². The summed E-state index contributed by atoms with van der Waals surface area (Å²) in [5, 5.41) is 0. The minimum Gasteiger partial charge on any atom is -0.324 e. The Balaban J connectivity index is 1.78. The summed E-state index contributed by atoms with van der Waals surface area (Å²) >= 11 is 0. The SMILES string of the molecule is Cc1ccc(C(N)C2C3CCCCC32)cc1C. The maximum atomic E-state index is 6.48. The molecule has 1 aromatic carbocycles. The Kier molecular flexibility index (Phi) is 2.74. The van der Waals surface area contributed by atoms with Crippen molar-refractivity contribution >= 4 is 0 Å². The lowest BCUT2D eigenvalue weighted by atomic mass is 9.97. The predicted octanol–water partition coefficient (Wildman–Crippen LogP) is 3.74. The fourth-order valence-electron chi connectivity index (χ4n) is 3.77. The zero-order valence-electron chi connectivity index (χ0n) is 10.9. The molecule has 17 heavy (non-hydrogen) atoms. The van der Waals surface area contributed by atoms with Crippen molar-refractivity contribution in [1.29, 1.82) is 0 Å². The highest BCUT2D eigenvalue weighted by molar-refractivity contribution is 5.33. The van der Waals surface area contributed by atoms with Crippen LogP contribution in [0.5, 0.6) is 0 Å². The Labute approximate surface area is 104 Å². The Hall–Kier alpha value is -0.820. The molecule has 0 aromatic heterocycles. The lowest BCUT2D eigenvalue weighted by molar-refractivity contribution is 0.480. The van der Waals surface area contributed by atoms with E-state index in [1.807, 2.05) is 0 Å². The van der Waals surface area contributed by atoms with Gasteiger partial charge in [0.25, 0.3) is 0 Å². The Bertz CT molecular complexity index is 412. The number of hydrogen-bond acceptors (Lipinski definition) is 1. The van der Waals surface area contributed by atoms with Crippen LogP contribution in [0, 0.1) is 31.6 Å². The second kappa shape index (κ2) is 4.13. The standard InChI is InChI=1S/C16H23N/c1-10-7-8-12(9-11(10)2)16(17)15-13-5-3-4-6-14(13)15/h7-9,13-16H,3-6,17H2,1-2H3. The van der Waals surface area contributed by atoms with Crippen LogP contribution in [0.25, 0.3) is 0 Å². The van der Waals surface area contributed by atoms with Gasteiger partial charge in [-0.1, -0.05) is 31.0 Å². The number of aryl methyl sites for hydroxylation is 2. The number of rotatable bonds is 2. The molecule has 2 aliphatic rings. The van der Waals surface area contributed by atoms with Gasteiger partial charge in [-0.15, -0.1) is 0 Å². The van der Waals surface area contributed by atoms with E-state index in [-0.39, 0.29) is 6.04 Å². The Morgan fingerprint density at radius 3 is 2.29 bits per heavy atom. The lowest BCUT2D eigenvalue weighted by Crippen LogP contribution is -2.14. The van der Waals surface area contributed by atoms with Gasteiger partial charge in [0.2, 0.25) is 0 Å². The van der Waals surface area contributed by atoms with Gasteiger partial charge in [-0.2, -0.15) is 0 Å². The van der Waals surface area contributed by atoms with Crippen molar-refractivity contribution in [2.24, 2.45) is 23.5 Å². The van der Waals surface area contributed by atoms with Crippen molar-refractivity contribution in [3.8, 4) is 0 Å². The molecule has 0 spiro atoms. The molecule has 2 N–H and O–H groups in total. The van der Waals surface area contributed by atoms with Gasteiger partial charge >= 0.3 is 0 Å². The van der Waals surface area contributed by atoms with Gasteiger partial charge in [-0.05, 0) is 61.1 Å². The van der Waals surface area contributed by atoms with Crippen LogP contribution in [0.2, 0.25) is 0 Å². The van der Waals surface area contributed by atoms with E-state index in [9.17, 15) is 0 Å². The second-order valence-corrected chi connectivity index (χ2v) is 6.06. The molecule has 2 saturated carbocycles. The average molecular weight is 229 g/mol. The summed E-state index contributed by atoms with van der Waals surface area (Å²) in [7, 11) is 0. The summed E-state index contributed by atoms with van der Waals surface area (Å²) in [6.45, 7) is 4.35.